The van der Waals surface area contributed by atoms with Crippen molar-refractivity contribution < 1.29 is 18.0 Å². The van der Waals surface area contributed by atoms with E-state index in [1.165, 1.54) is 36.7 Å². The normalized spacial score (nSPS) is 10.7. The molecule has 2 nitrogen and oxygen atoms in total. The van der Waals surface area contributed by atoms with Crippen molar-refractivity contribution in [1.82, 2.24) is 4.98 Å². The Morgan fingerprint density at radius 2 is 1.78 bits per heavy atom. The van der Waals surface area contributed by atoms with Crippen molar-refractivity contribution in [3.63, 3.8) is 0 Å². The molecule has 0 saturated carbocycles. The summed E-state index contributed by atoms with van der Waals surface area (Å²) < 4.78 is 38.9. The molecule has 92 valence electrons. The van der Waals surface area contributed by atoms with Crippen LogP contribution in [0.4, 0.5) is 13.2 Å². The second-order valence-electron chi connectivity index (χ2n) is 3.57. The van der Waals surface area contributed by atoms with Crippen LogP contribution in [-0.4, -0.2) is 10.8 Å². The van der Waals surface area contributed by atoms with Crippen LogP contribution in [0.25, 0.3) is 0 Å². The van der Waals surface area contributed by atoms with Gasteiger partial charge in [0.05, 0.1) is 5.56 Å². The molecule has 0 unspecified atom stereocenters. The molecule has 0 saturated heterocycles. The van der Waals surface area contributed by atoms with Crippen molar-refractivity contribution in [1.29, 1.82) is 0 Å². The zero-order valence-electron chi connectivity index (χ0n) is 9.11. The van der Waals surface area contributed by atoms with Gasteiger partial charge in [-0.25, -0.2) is 13.2 Å². The van der Waals surface area contributed by atoms with E-state index in [0.29, 0.717) is 0 Å². The first-order valence-electron chi connectivity index (χ1n) is 5.12. The summed E-state index contributed by atoms with van der Waals surface area (Å²) in [7, 11) is 0. The Labute approximate surface area is 101 Å². The molecule has 0 radical (unpaired) electrons. The van der Waals surface area contributed by atoms with Gasteiger partial charge in [-0.05, 0) is 18.2 Å². The zero-order chi connectivity index (χ0) is 13.1. The average molecular weight is 251 g/mol. The van der Waals surface area contributed by atoms with E-state index in [2.05, 4.69) is 4.98 Å². The third-order valence-electron chi connectivity index (χ3n) is 2.46. The smallest absolute Gasteiger partial charge is 0.267 e. The minimum absolute atomic E-state index is 0.192. The number of benzene rings is 1. The van der Waals surface area contributed by atoms with E-state index in [-0.39, 0.29) is 11.1 Å². The summed E-state index contributed by atoms with van der Waals surface area (Å²) in [5.41, 5.74) is -0.993. The summed E-state index contributed by atoms with van der Waals surface area (Å²) in [5, 5.41) is 0. The van der Waals surface area contributed by atoms with Crippen LogP contribution in [-0.2, 0) is 0 Å². The van der Waals surface area contributed by atoms with E-state index < -0.39 is 23.6 Å². The van der Waals surface area contributed by atoms with E-state index in [0.717, 1.165) is 6.07 Å². The first-order chi connectivity index (χ1) is 8.61. The second kappa shape index (κ2) is 5.00. The lowest BCUT2D eigenvalue weighted by atomic mass is 9.99. The van der Waals surface area contributed by atoms with E-state index in [9.17, 15) is 18.0 Å². The molecule has 5 heteroatoms. The van der Waals surface area contributed by atoms with Gasteiger partial charge in [-0.3, -0.25) is 9.78 Å². The highest BCUT2D eigenvalue weighted by Crippen LogP contribution is 2.27. The van der Waals surface area contributed by atoms with E-state index in [4.69, 9.17) is 0 Å². The minimum Gasteiger partial charge on any atom is -0.289 e. The Morgan fingerprint density at radius 3 is 2.39 bits per heavy atom. The van der Waals surface area contributed by atoms with Gasteiger partial charge in [-0.15, -0.1) is 0 Å². The molecule has 0 amide bonds. The van der Waals surface area contributed by atoms with Gasteiger partial charge in [0.15, 0.2) is 5.78 Å². The van der Waals surface area contributed by atoms with Crippen LogP contribution in [0.15, 0.2) is 42.7 Å². The fourth-order valence-corrected chi connectivity index (χ4v) is 1.62. The monoisotopic (exact) mass is 251 g/mol. The Morgan fingerprint density at radius 1 is 1.11 bits per heavy atom. The molecule has 1 aromatic carbocycles. The third-order valence-corrected chi connectivity index (χ3v) is 2.46. The predicted octanol–water partition coefficient (Wildman–Crippen LogP) is 3.39. The summed E-state index contributed by atoms with van der Waals surface area (Å²) >= 11 is 0. The maximum Gasteiger partial charge on any atom is 0.267 e. The number of alkyl halides is 2. The van der Waals surface area contributed by atoms with Crippen molar-refractivity contribution in [2.45, 2.75) is 6.43 Å². The van der Waals surface area contributed by atoms with E-state index in [1.807, 2.05) is 0 Å². The molecule has 2 rings (SSSR count). The molecule has 0 aliphatic rings. The number of halogens is 3. The average Bonchev–Trinajstić information content (AvgIpc) is 2.38. The Hall–Kier alpha value is -2.17. The van der Waals surface area contributed by atoms with Crippen molar-refractivity contribution in [3.8, 4) is 0 Å². The van der Waals surface area contributed by atoms with Gasteiger partial charge in [0.1, 0.15) is 5.82 Å². The second-order valence-corrected chi connectivity index (χ2v) is 3.57. The lowest BCUT2D eigenvalue weighted by Crippen LogP contribution is -2.07. The quantitative estimate of drug-likeness (QED) is 0.782. The number of carbonyl (C=O) groups excluding carboxylic acids is 1. The SMILES string of the molecule is O=C(c1ccncc1)c1cccc(F)c1C(F)F. The van der Waals surface area contributed by atoms with Crippen LogP contribution in [0.3, 0.4) is 0 Å². The molecule has 1 aromatic heterocycles. The molecule has 0 fully saturated rings. The maximum absolute atomic E-state index is 13.3. The highest BCUT2D eigenvalue weighted by atomic mass is 19.3. The van der Waals surface area contributed by atoms with Gasteiger partial charge in [0, 0.05) is 23.5 Å². The zero-order valence-corrected chi connectivity index (χ0v) is 9.11. The predicted molar refractivity (Wildman–Crippen MR) is 59.0 cm³/mol. The number of hydrogen-bond donors (Lipinski definition) is 0. The third kappa shape index (κ3) is 2.25. The standard InChI is InChI=1S/C13H8F3NO/c14-10-3-1-2-9(11(10)13(15)16)12(18)8-4-6-17-7-5-8/h1-7,13H. The summed E-state index contributed by atoms with van der Waals surface area (Å²) in [6.45, 7) is 0. The summed E-state index contributed by atoms with van der Waals surface area (Å²) in [4.78, 5) is 15.7. The van der Waals surface area contributed by atoms with Crippen molar-refractivity contribution in [3.05, 3.63) is 65.2 Å². The van der Waals surface area contributed by atoms with E-state index in [1.54, 1.807) is 0 Å². The van der Waals surface area contributed by atoms with Crippen LogP contribution in [0, 0.1) is 5.82 Å². The molecule has 0 spiro atoms. The molecule has 0 bridgehead atoms. The van der Waals surface area contributed by atoms with Crippen molar-refractivity contribution in [2.75, 3.05) is 0 Å². The highest BCUT2D eigenvalue weighted by molar-refractivity contribution is 6.09. The number of ketones is 1. The number of carbonyl (C=O) groups is 1. The number of hydrogen-bond acceptors (Lipinski definition) is 2. The van der Waals surface area contributed by atoms with Crippen LogP contribution in [0.2, 0.25) is 0 Å². The van der Waals surface area contributed by atoms with Gasteiger partial charge in [-0.1, -0.05) is 12.1 Å². The minimum atomic E-state index is -3.04. The summed E-state index contributed by atoms with van der Waals surface area (Å²) in [6.07, 6.45) is -0.296. The Bertz CT molecular complexity index is 570. The molecule has 0 N–H and O–H groups in total. The van der Waals surface area contributed by atoms with E-state index >= 15 is 0 Å². The largest absolute Gasteiger partial charge is 0.289 e. The van der Waals surface area contributed by atoms with Crippen molar-refractivity contribution in [2.24, 2.45) is 0 Å². The molecular weight excluding hydrogens is 243 g/mol. The first-order valence-corrected chi connectivity index (χ1v) is 5.12. The lowest BCUT2D eigenvalue weighted by Gasteiger charge is -2.08. The molecule has 0 aliphatic carbocycles. The molecule has 0 aliphatic heterocycles. The molecular formula is C13H8F3NO. The van der Waals surface area contributed by atoms with Gasteiger partial charge >= 0.3 is 0 Å². The van der Waals surface area contributed by atoms with Crippen LogP contribution < -0.4 is 0 Å². The number of nitrogens with zero attached hydrogens (tertiary/aromatic N) is 1. The first kappa shape index (κ1) is 12.3. The fourth-order valence-electron chi connectivity index (χ4n) is 1.62. The molecule has 0 atom stereocenters. The van der Waals surface area contributed by atoms with Crippen LogP contribution in [0.5, 0.6) is 0 Å². The number of aromatic nitrogens is 1. The highest BCUT2D eigenvalue weighted by Gasteiger charge is 2.22. The molecule has 18 heavy (non-hydrogen) atoms. The maximum atomic E-state index is 13.3. The summed E-state index contributed by atoms with van der Waals surface area (Å²) in [5.74, 6) is -1.72. The van der Waals surface area contributed by atoms with Gasteiger partial charge in [0.25, 0.3) is 6.43 Å². The summed E-state index contributed by atoms with van der Waals surface area (Å²) in [6, 6.07) is 6.11. The Balaban J connectivity index is 2.52. The van der Waals surface area contributed by atoms with Crippen LogP contribution >= 0.6 is 0 Å². The van der Waals surface area contributed by atoms with Crippen molar-refractivity contribution >= 4 is 5.78 Å². The fraction of sp³-hybridized carbons (Fsp3) is 0.0769. The van der Waals surface area contributed by atoms with Gasteiger partial charge in [0.2, 0.25) is 0 Å². The lowest BCUT2D eigenvalue weighted by molar-refractivity contribution is 0.102. The number of rotatable bonds is 3. The molecule has 1 heterocycles. The van der Waals surface area contributed by atoms with Gasteiger partial charge < -0.3 is 0 Å². The topological polar surface area (TPSA) is 30.0 Å². The van der Waals surface area contributed by atoms with Gasteiger partial charge in [-0.2, -0.15) is 0 Å². The molecule has 2 aromatic rings. The van der Waals surface area contributed by atoms with Crippen LogP contribution in [0.1, 0.15) is 27.9 Å². The Kier molecular flexibility index (Phi) is 3.41. The number of pyridine rings is 1.